The first-order chi connectivity index (χ1) is 9.01. The zero-order valence-electron chi connectivity index (χ0n) is 11.8. The van der Waals surface area contributed by atoms with Crippen LogP contribution in [-0.2, 0) is 0 Å². The molecule has 1 aliphatic carbocycles. The summed E-state index contributed by atoms with van der Waals surface area (Å²) in [6, 6.07) is 4.31. The van der Waals surface area contributed by atoms with E-state index in [2.05, 4.69) is 4.90 Å². The number of likely N-dealkylation sites (N-methyl/N-ethyl adjacent to an activating group) is 1. The van der Waals surface area contributed by atoms with Crippen molar-refractivity contribution in [1.82, 2.24) is 4.90 Å². The molecule has 1 aromatic rings. The summed E-state index contributed by atoms with van der Waals surface area (Å²) in [6.45, 7) is 0. The number of benzene rings is 1. The number of nitrogens with zero attached hydrogens (tertiary/aromatic N) is 1. The average Bonchev–Trinajstić information content (AvgIpc) is 2.88. The van der Waals surface area contributed by atoms with Gasteiger partial charge in [0.25, 0.3) is 0 Å². The SMILES string of the molecule is COc1ccc(F)cc1C(O)C1(N(C)C)CCCC1. The van der Waals surface area contributed by atoms with Gasteiger partial charge >= 0.3 is 0 Å². The standard InChI is InChI=1S/C15H22FNO2/c1-17(2)15(8-4-5-9-15)14(18)12-10-11(16)6-7-13(12)19-3/h6-7,10,14,18H,4-5,8-9H2,1-3H3. The van der Waals surface area contributed by atoms with Crippen molar-refractivity contribution >= 4 is 0 Å². The fourth-order valence-electron chi connectivity index (χ4n) is 3.16. The van der Waals surface area contributed by atoms with Crippen LogP contribution in [-0.4, -0.2) is 36.8 Å². The van der Waals surface area contributed by atoms with Crippen molar-refractivity contribution in [2.75, 3.05) is 21.2 Å². The van der Waals surface area contributed by atoms with Gasteiger partial charge in [-0.1, -0.05) is 12.8 Å². The molecule has 1 atom stereocenters. The number of ether oxygens (including phenoxy) is 1. The maximum absolute atomic E-state index is 13.5. The van der Waals surface area contributed by atoms with E-state index in [1.54, 1.807) is 13.2 Å². The van der Waals surface area contributed by atoms with Crippen molar-refractivity contribution < 1.29 is 14.2 Å². The van der Waals surface area contributed by atoms with Gasteiger partial charge in [-0.25, -0.2) is 4.39 Å². The first-order valence-electron chi connectivity index (χ1n) is 6.70. The Morgan fingerprint density at radius 3 is 2.47 bits per heavy atom. The van der Waals surface area contributed by atoms with Crippen LogP contribution in [0.3, 0.4) is 0 Å². The molecule has 3 nitrogen and oxygen atoms in total. The van der Waals surface area contributed by atoms with Crippen LogP contribution >= 0.6 is 0 Å². The number of halogens is 1. The number of hydrogen-bond donors (Lipinski definition) is 1. The van der Waals surface area contributed by atoms with Crippen LogP contribution in [0.2, 0.25) is 0 Å². The summed E-state index contributed by atoms with van der Waals surface area (Å²) in [5.74, 6) is 0.198. The van der Waals surface area contributed by atoms with Crippen molar-refractivity contribution in [2.45, 2.75) is 37.3 Å². The van der Waals surface area contributed by atoms with E-state index in [0.717, 1.165) is 25.7 Å². The predicted molar refractivity (Wildman–Crippen MR) is 72.8 cm³/mol. The molecule has 1 aliphatic rings. The summed E-state index contributed by atoms with van der Waals surface area (Å²) < 4.78 is 18.7. The molecule has 0 heterocycles. The van der Waals surface area contributed by atoms with E-state index in [9.17, 15) is 9.50 Å². The van der Waals surface area contributed by atoms with E-state index >= 15 is 0 Å². The second-order valence-corrected chi connectivity index (χ2v) is 5.49. The molecule has 106 valence electrons. The molecule has 1 aromatic carbocycles. The van der Waals surface area contributed by atoms with E-state index in [-0.39, 0.29) is 11.4 Å². The maximum atomic E-state index is 13.5. The Kier molecular flexibility index (Phi) is 4.11. The van der Waals surface area contributed by atoms with Crippen LogP contribution in [0.1, 0.15) is 37.4 Å². The van der Waals surface area contributed by atoms with Gasteiger partial charge in [-0.2, -0.15) is 0 Å². The molecular formula is C15H22FNO2. The second kappa shape index (κ2) is 5.47. The highest BCUT2D eigenvalue weighted by Crippen LogP contribution is 2.45. The molecule has 2 rings (SSSR count). The van der Waals surface area contributed by atoms with Gasteiger partial charge in [-0.05, 0) is 45.1 Å². The molecule has 0 amide bonds. The Morgan fingerprint density at radius 2 is 1.95 bits per heavy atom. The fourth-order valence-corrected chi connectivity index (χ4v) is 3.16. The van der Waals surface area contributed by atoms with Crippen LogP contribution in [0.15, 0.2) is 18.2 Å². The lowest BCUT2D eigenvalue weighted by molar-refractivity contribution is -0.00614. The summed E-state index contributed by atoms with van der Waals surface area (Å²) in [5, 5.41) is 10.8. The molecule has 0 spiro atoms. The van der Waals surface area contributed by atoms with Gasteiger partial charge in [0.05, 0.1) is 12.6 Å². The Labute approximate surface area is 114 Å². The summed E-state index contributed by atoms with van der Waals surface area (Å²) >= 11 is 0. The molecule has 0 aromatic heterocycles. The number of aliphatic hydroxyl groups is 1. The van der Waals surface area contributed by atoms with E-state index in [1.165, 1.54) is 12.1 Å². The van der Waals surface area contributed by atoms with E-state index in [1.807, 2.05) is 14.1 Å². The molecule has 1 fully saturated rings. The molecule has 0 radical (unpaired) electrons. The minimum Gasteiger partial charge on any atom is -0.496 e. The monoisotopic (exact) mass is 267 g/mol. The predicted octanol–water partition coefficient (Wildman–Crippen LogP) is 2.74. The van der Waals surface area contributed by atoms with Gasteiger partial charge in [0.15, 0.2) is 0 Å². The smallest absolute Gasteiger partial charge is 0.124 e. The van der Waals surface area contributed by atoms with E-state index in [0.29, 0.717) is 11.3 Å². The van der Waals surface area contributed by atoms with Crippen LogP contribution in [0.5, 0.6) is 5.75 Å². The number of hydrogen-bond acceptors (Lipinski definition) is 3. The number of rotatable bonds is 4. The molecule has 19 heavy (non-hydrogen) atoms. The summed E-state index contributed by atoms with van der Waals surface area (Å²) in [6.07, 6.45) is 3.28. The van der Waals surface area contributed by atoms with Gasteiger partial charge in [0.1, 0.15) is 17.7 Å². The maximum Gasteiger partial charge on any atom is 0.124 e. The molecular weight excluding hydrogens is 245 g/mol. The second-order valence-electron chi connectivity index (χ2n) is 5.49. The van der Waals surface area contributed by atoms with Crippen LogP contribution < -0.4 is 4.74 Å². The Bertz CT molecular complexity index is 442. The minimum absolute atomic E-state index is 0.318. The van der Waals surface area contributed by atoms with Crippen molar-refractivity contribution in [3.05, 3.63) is 29.6 Å². The van der Waals surface area contributed by atoms with Crippen LogP contribution in [0.25, 0.3) is 0 Å². The Hall–Kier alpha value is -1.13. The van der Waals surface area contributed by atoms with E-state index in [4.69, 9.17) is 4.74 Å². The van der Waals surface area contributed by atoms with Crippen molar-refractivity contribution in [2.24, 2.45) is 0 Å². The lowest BCUT2D eigenvalue weighted by Crippen LogP contribution is -2.47. The summed E-state index contributed by atoms with van der Waals surface area (Å²) in [7, 11) is 5.49. The molecule has 4 heteroatoms. The zero-order chi connectivity index (χ0) is 14.0. The quantitative estimate of drug-likeness (QED) is 0.910. The van der Waals surface area contributed by atoms with Crippen molar-refractivity contribution in [3.63, 3.8) is 0 Å². The topological polar surface area (TPSA) is 32.7 Å². The normalized spacial score (nSPS) is 19.7. The van der Waals surface area contributed by atoms with Gasteiger partial charge in [0, 0.05) is 5.56 Å². The number of aliphatic hydroxyl groups excluding tert-OH is 1. The molecule has 1 saturated carbocycles. The van der Waals surface area contributed by atoms with Crippen molar-refractivity contribution in [1.29, 1.82) is 0 Å². The molecule has 0 aliphatic heterocycles. The lowest BCUT2D eigenvalue weighted by Gasteiger charge is -2.41. The van der Waals surface area contributed by atoms with Gasteiger partial charge in [0.2, 0.25) is 0 Å². The van der Waals surface area contributed by atoms with E-state index < -0.39 is 6.10 Å². The first kappa shape index (κ1) is 14.3. The zero-order valence-corrected chi connectivity index (χ0v) is 11.8. The highest BCUT2D eigenvalue weighted by atomic mass is 19.1. The highest BCUT2D eigenvalue weighted by molar-refractivity contribution is 5.37. The van der Waals surface area contributed by atoms with Gasteiger partial charge < -0.3 is 14.7 Å². The molecule has 1 N–H and O–H groups in total. The summed E-state index contributed by atoms with van der Waals surface area (Å²) in [4.78, 5) is 2.06. The lowest BCUT2D eigenvalue weighted by atomic mass is 9.84. The third kappa shape index (κ3) is 2.47. The molecule has 0 saturated heterocycles. The minimum atomic E-state index is -0.740. The van der Waals surface area contributed by atoms with Gasteiger partial charge in [-0.15, -0.1) is 0 Å². The third-order valence-electron chi connectivity index (χ3n) is 4.36. The highest BCUT2D eigenvalue weighted by Gasteiger charge is 2.44. The van der Waals surface area contributed by atoms with Crippen LogP contribution in [0, 0.1) is 5.82 Å². The molecule has 0 bridgehead atoms. The average molecular weight is 267 g/mol. The number of methoxy groups -OCH3 is 1. The fraction of sp³-hybridized carbons (Fsp3) is 0.600. The first-order valence-corrected chi connectivity index (χ1v) is 6.70. The summed E-state index contributed by atoms with van der Waals surface area (Å²) in [5.41, 5.74) is 0.222. The van der Waals surface area contributed by atoms with Gasteiger partial charge in [-0.3, -0.25) is 0 Å². The van der Waals surface area contributed by atoms with Crippen LogP contribution in [0.4, 0.5) is 4.39 Å². The third-order valence-corrected chi connectivity index (χ3v) is 4.36. The Morgan fingerprint density at radius 1 is 1.32 bits per heavy atom. The molecule has 1 unspecified atom stereocenters. The largest absolute Gasteiger partial charge is 0.496 e. The van der Waals surface area contributed by atoms with Crippen molar-refractivity contribution in [3.8, 4) is 5.75 Å². The Balaban J connectivity index is 2.42.